The summed E-state index contributed by atoms with van der Waals surface area (Å²) >= 11 is 6.16. The second-order valence-corrected chi connectivity index (χ2v) is 7.52. The first-order valence-electron chi connectivity index (χ1n) is 9.16. The molecule has 1 saturated heterocycles. The van der Waals surface area contributed by atoms with Crippen LogP contribution < -0.4 is 4.74 Å². The van der Waals surface area contributed by atoms with Crippen molar-refractivity contribution in [2.75, 3.05) is 34.3 Å². The molecule has 29 heavy (non-hydrogen) atoms. The van der Waals surface area contributed by atoms with Crippen LogP contribution in [-0.4, -0.2) is 60.9 Å². The lowest BCUT2D eigenvalue weighted by atomic mass is 9.95. The Balaban J connectivity index is 2.16. The summed E-state index contributed by atoms with van der Waals surface area (Å²) in [6, 6.07) is 13.0. The number of rotatable bonds is 6. The third-order valence-corrected chi connectivity index (χ3v) is 5.07. The maximum Gasteiger partial charge on any atom is 0.295 e. The smallest absolute Gasteiger partial charge is 0.295 e. The molecule has 7 heteroatoms. The summed E-state index contributed by atoms with van der Waals surface area (Å²) in [4.78, 5) is 29.1. The molecular formula is C22H23ClN2O4. The van der Waals surface area contributed by atoms with Crippen LogP contribution in [0.2, 0.25) is 5.02 Å². The lowest BCUT2D eigenvalue weighted by Gasteiger charge is -2.26. The molecule has 6 nitrogen and oxygen atoms in total. The van der Waals surface area contributed by atoms with Gasteiger partial charge in [0.05, 0.1) is 18.7 Å². The van der Waals surface area contributed by atoms with Crippen LogP contribution in [0.15, 0.2) is 54.1 Å². The number of carbonyl (C=O) groups excluding carboxylic acids is 2. The summed E-state index contributed by atoms with van der Waals surface area (Å²) in [5, 5.41) is 11.5. The van der Waals surface area contributed by atoms with Gasteiger partial charge < -0.3 is 19.6 Å². The minimum Gasteiger partial charge on any atom is -0.507 e. The largest absolute Gasteiger partial charge is 0.507 e. The summed E-state index contributed by atoms with van der Waals surface area (Å²) in [5.41, 5.74) is 1.12. The van der Waals surface area contributed by atoms with E-state index in [1.807, 2.05) is 19.0 Å². The number of halogens is 1. The van der Waals surface area contributed by atoms with Crippen LogP contribution in [0.1, 0.15) is 17.2 Å². The third kappa shape index (κ3) is 4.28. The Morgan fingerprint density at radius 1 is 1.17 bits per heavy atom. The number of carbonyl (C=O) groups is 2. The number of hydrogen-bond acceptors (Lipinski definition) is 5. The fourth-order valence-electron chi connectivity index (χ4n) is 3.37. The molecule has 1 aliphatic rings. The number of likely N-dealkylation sites (N-methyl/N-ethyl adjacent to an activating group) is 1. The summed E-state index contributed by atoms with van der Waals surface area (Å²) in [7, 11) is 5.30. The minimum atomic E-state index is -0.722. The van der Waals surface area contributed by atoms with Gasteiger partial charge >= 0.3 is 0 Å². The Hall–Kier alpha value is -2.83. The average Bonchev–Trinajstić information content (AvgIpc) is 2.96. The number of aliphatic hydroxyl groups excluding tert-OH is 1. The van der Waals surface area contributed by atoms with E-state index >= 15 is 0 Å². The van der Waals surface area contributed by atoms with Crippen LogP contribution in [-0.2, 0) is 9.59 Å². The summed E-state index contributed by atoms with van der Waals surface area (Å²) < 4.78 is 5.21. The second kappa shape index (κ2) is 8.68. The molecule has 1 N–H and O–H groups in total. The van der Waals surface area contributed by atoms with Gasteiger partial charge in [-0.2, -0.15) is 0 Å². The van der Waals surface area contributed by atoms with Crippen molar-refractivity contribution in [1.29, 1.82) is 0 Å². The van der Waals surface area contributed by atoms with Crippen molar-refractivity contribution in [2.45, 2.75) is 6.04 Å². The highest BCUT2D eigenvalue weighted by Crippen LogP contribution is 2.40. The Kier molecular flexibility index (Phi) is 6.25. The van der Waals surface area contributed by atoms with Crippen molar-refractivity contribution in [3.8, 4) is 5.75 Å². The van der Waals surface area contributed by atoms with Crippen LogP contribution in [0.3, 0.4) is 0 Å². The van der Waals surface area contributed by atoms with Gasteiger partial charge in [-0.15, -0.1) is 0 Å². The van der Waals surface area contributed by atoms with Crippen molar-refractivity contribution in [2.24, 2.45) is 0 Å². The van der Waals surface area contributed by atoms with E-state index in [2.05, 4.69) is 0 Å². The third-order valence-electron chi connectivity index (χ3n) is 4.84. The van der Waals surface area contributed by atoms with Gasteiger partial charge in [0.2, 0.25) is 0 Å². The van der Waals surface area contributed by atoms with Gasteiger partial charge in [-0.25, -0.2) is 0 Å². The van der Waals surface area contributed by atoms with E-state index < -0.39 is 17.7 Å². The monoisotopic (exact) mass is 414 g/mol. The Labute approximate surface area is 174 Å². The van der Waals surface area contributed by atoms with E-state index in [1.165, 1.54) is 12.0 Å². The van der Waals surface area contributed by atoms with Crippen molar-refractivity contribution >= 4 is 29.1 Å². The molecule has 3 rings (SSSR count). The van der Waals surface area contributed by atoms with Crippen LogP contribution in [0.5, 0.6) is 5.75 Å². The fraction of sp³-hybridized carbons (Fsp3) is 0.273. The number of ketones is 1. The molecule has 1 fully saturated rings. The van der Waals surface area contributed by atoms with Gasteiger partial charge in [-0.05, 0) is 43.9 Å². The highest BCUT2D eigenvalue weighted by atomic mass is 35.5. The molecule has 2 aromatic rings. The number of methoxy groups -OCH3 is 1. The predicted molar refractivity (Wildman–Crippen MR) is 112 cm³/mol. The SMILES string of the molecule is COc1cccc(/C(O)=C2\C(=O)C(=O)N(CCN(C)C)[C@H]2c2cccc(Cl)c2)c1. The molecule has 1 aliphatic heterocycles. The highest BCUT2D eigenvalue weighted by Gasteiger charge is 2.45. The molecule has 1 heterocycles. The molecule has 0 radical (unpaired) electrons. The number of aliphatic hydroxyl groups is 1. The van der Waals surface area contributed by atoms with E-state index in [9.17, 15) is 14.7 Å². The lowest BCUT2D eigenvalue weighted by molar-refractivity contribution is -0.140. The first kappa shape index (κ1) is 20.9. The van der Waals surface area contributed by atoms with Gasteiger partial charge in [0.15, 0.2) is 0 Å². The van der Waals surface area contributed by atoms with E-state index in [-0.39, 0.29) is 11.3 Å². The zero-order chi connectivity index (χ0) is 21.1. The number of likely N-dealkylation sites (tertiary alicyclic amines) is 1. The normalized spacial score (nSPS) is 18.5. The average molecular weight is 415 g/mol. The number of amides is 1. The van der Waals surface area contributed by atoms with Crippen LogP contribution >= 0.6 is 11.6 Å². The maximum absolute atomic E-state index is 12.9. The molecule has 1 amide bonds. The zero-order valence-electron chi connectivity index (χ0n) is 16.6. The number of nitrogens with zero attached hydrogens (tertiary/aromatic N) is 2. The molecule has 0 spiro atoms. The molecule has 0 aromatic heterocycles. The van der Waals surface area contributed by atoms with Crippen LogP contribution in [0, 0.1) is 0 Å². The molecule has 0 aliphatic carbocycles. The summed E-state index contributed by atoms with van der Waals surface area (Å²) in [6.45, 7) is 0.910. The van der Waals surface area contributed by atoms with E-state index in [4.69, 9.17) is 16.3 Å². The fourth-order valence-corrected chi connectivity index (χ4v) is 3.57. The van der Waals surface area contributed by atoms with Crippen molar-refractivity contribution < 1.29 is 19.4 Å². The summed E-state index contributed by atoms with van der Waals surface area (Å²) in [5.74, 6) is -1.05. The molecule has 152 valence electrons. The van der Waals surface area contributed by atoms with Crippen molar-refractivity contribution in [1.82, 2.24) is 9.80 Å². The number of Topliss-reactive ketones (excluding diaryl/α,β-unsaturated/α-hetero) is 1. The first-order valence-corrected chi connectivity index (χ1v) is 9.54. The zero-order valence-corrected chi connectivity index (χ0v) is 17.3. The van der Waals surface area contributed by atoms with Crippen LogP contribution in [0.4, 0.5) is 0 Å². The Morgan fingerprint density at radius 2 is 1.90 bits per heavy atom. The van der Waals surface area contributed by atoms with Gasteiger partial charge in [-0.1, -0.05) is 35.9 Å². The van der Waals surface area contributed by atoms with Gasteiger partial charge in [0, 0.05) is 23.7 Å². The quantitative estimate of drug-likeness (QED) is 0.446. The van der Waals surface area contributed by atoms with E-state index in [0.29, 0.717) is 35.0 Å². The minimum absolute atomic E-state index is 0.0456. The molecule has 0 saturated carbocycles. The van der Waals surface area contributed by atoms with E-state index in [0.717, 1.165) is 0 Å². The second-order valence-electron chi connectivity index (χ2n) is 7.08. The summed E-state index contributed by atoms with van der Waals surface area (Å²) in [6.07, 6.45) is 0. The predicted octanol–water partition coefficient (Wildman–Crippen LogP) is 3.33. The van der Waals surface area contributed by atoms with Gasteiger partial charge in [0.1, 0.15) is 11.5 Å². The maximum atomic E-state index is 12.9. The molecule has 0 bridgehead atoms. The van der Waals surface area contributed by atoms with Crippen molar-refractivity contribution in [3.63, 3.8) is 0 Å². The number of ether oxygens (including phenoxy) is 1. The number of hydrogen-bond donors (Lipinski definition) is 1. The van der Waals surface area contributed by atoms with Gasteiger partial charge in [-0.3, -0.25) is 9.59 Å². The molecular weight excluding hydrogens is 392 g/mol. The molecule has 0 unspecified atom stereocenters. The van der Waals surface area contributed by atoms with Gasteiger partial charge in [0.25, 0.3) is 11.7 Å². The highest BCUT2D eigenvalue weighted by molar-refractivity contribution is 6.46. The van der Waals surface area contributed by atoms with Crippen molar-refractivity contribution in [3.05, 3.63) is 70.3 Å². The molecule has 2 aromatic carbocycles. The van der Waals surface area contributed by atoms with Crippen LogP contribution in [0.25, 0.3) is 5.76 Å². The standard InChI is InChI=1S/C22H23ClN2O4/c1-24(2)10-11-25-19(14-6-4-8-16(23)12-14)18(21(27)22(25)28)20(26)15-7-5-9-17(13-15)29-3/h4-9,12-13,19,26H,10-11H2,1-3H3/b20-18+/t19-/m0/s1. The first-order chi connectivity index (χ1) is 13.8. The Morgan fingerprint density at radius 3 is 2.55 bits per heavy atom. The van der Waals surface area contributed by atoms with E-state index in [1.54, 1.807) is 48.5 Å². The topological polar surface area (TPSA) is 70.1 Å². The molecule has 1 atom stereocenters. The lowest BCUT2D eigenvalue weighted by Crippen LogP contribution is -2.35. The number of benzene rings is 2. The Bertz CT molecular complexity index is 971.